The van der Waals surface area contributed by atoms with Crippen LogP contribution in [0.5, 0.6) is 11.5 Å². The number of halogens is 1. The number of benzene rings is 1. The Morgan fingerprint density at radius 3 is 2.68 bits per heavy atom. The standard InChI is InChI=1S/C23H23FN4O6/c1-2-25-21(31)15-11-28-18-17(19(30)16(23(28)33)22(32)26-7-8-29)27-10-13(20(18)34-15)9-12-3-5-14(24)6-4-12/h3-6,10,15,29-30H,2,7-9,11H2,1H3,(H,25,31)(H,26,32)/t15-/m0/s1. The zero-order valence-corrected chi connectivity index (χ0v) is 18.3. The molecule has 4 N–H and O–H groups in total. The van der Waals surface area contributed by atoms with E-state index in [-0.39, 0.29) is 48.7 Å². The Labute approximate surface area is 193 Å². The predicted octanol–water partition coefficient (Wildman–Crippen LogP) is 0.451. The van der Waals surface area contributed by atoms with E-state index in [0.29, 0.717) is 12.1 Å². The number of likely N-dealkylation sites (N-methyl/N-ethyl adjacent to an activating group) is 1. The maximum absolute atomic E-state index is 13.3. The van der Waals surface area contributed by atoms with Crippen molar-refractivity contribution in [2.75, 3.05) is 19.7 Å². The van der Waals surface area contributed by atoms with Crippen LogP contribution in [-0.4, -0.2) is 57.4 Å². The lowest BCUT2D eigenvalue weighted by Gasteiger charge is -2.29. The maximum atomic E-state index is 13.3. The lowest BCUT2D eigenvalue weighted by molar-refractivity contribution is -0.128. The molecule has 3 heterocycles. The molecule has 1 aliphatic rings. The number of nitrogens with one attached hydrogen (secondary N) is 2. The summed E-state index contributed by atoms with van der Waals surface area (Å²) in [6.45, 7) is 1.43. The molecule has 1 atom stereocenters. The Bertz CT molecular complexity index is 1320. The number of nitrogens with zero attached hydrogens (tertiary/aromatic N) is 2. The molecule has 3 aromatic rings. The van der Waals surface area contributed by atoms with E-state index in [2.05, 4.69) is 15.6 Å². The van der Waals surface area contributed by atoms with E-state index in [9.17, 15) is 23.9 Å². The minimum Gasteiger partial charge on any atom is -0.505 e. The van der Waals surface area contributed by atoms with E-state index < -0.39 is 34.8 Å². The van der Waals surface area contributed by atoms with E-state index in [1.807, 2.05) is 0 Å². The molecule has 0 fully saturated rings. The molecule has 1 aromatic carbocycles. The largest absolute Gasteiger partial charge is 0.505 e. The average Bonchev–Trinajstić information content (AvgIpc) is 2.83. The van der Waals surface area contributed by atoms with Gasteiger partial charge in [0.1, 0.15) is 22.4 Å². The zero-order chi connectivity index (χ0) is 24.4. The number of aliphatic hydroxyl groups excluding tert-OH is 1. The topological polar surface area (TPSA) is 143 Å². The molecular formula is C23H23FN4O6. The van der Waals surface area contributed by atoms with Crippen molar-refractivity contribution >= 4 is 22.8 Å². The summed E-state index contributed by atoms with van der Waals surface area (Å²) in [5.74, 6) is -2.16. The van der Waals surface area contributed by atoms with Gasteiger partial charge in [-0.2, -0.15) is 0 Å². The predicted molar refractivity (Wildman–Crippen MR) is 119 cm³/mol. The van der Waals surface area contributed by atoms with Crippen LogP contribution in [0.25, 0.3) is 11.0 Å². The van der Waals surface area contributed by atoms with Gasteiger partial charge in [0.15, 0.2) is 17.6 Å². The van der Waals surface area contributed by atoms with Crippen molar-refractivity contribution in [3.63, 3.8) is 0 Å². The number of aromatic hydroxyl groups is 1. The van der Waals surface area contributed by atoms with E-state index >= 15 is 0 Å². The second-order valence-corrected chi connectivity index (χ2v) is 7.73. The van der Waals surface area contributed by atoms with E-state index in [1.165, 1.54) is 22.9 Å². The SMILES string of the molecule is CCNC(=O)[C@@H]1Cn2c(=O)c(C(=O)NCCO)c(O)c3ncc(Cc4ccc(F)cc4)c(c32)O1. The number of hydrogen-bond acceptors (Lipinski definition) is 7. The number of aliphatic hydroxyl groups is 1. The fourth-order valence-corrected chi connectivity index (χ4v) is 3.89. The fourth-order valence-electron chi connectivity index (χ4n) is 3.89. The quantitative estimate of drug-likeness (QED) is 0.393. The first-order valence-electron chi connectivity index (χ1n) is 10.7. The smallest absolute Gasteiger partial charge is 0.268 e. The number of carbonyl (C=O) groups excluding carboxylic acids is 2. The second kappa shape index (κ2) is 9.48. The number of amides is 2. The third-order valence-corrected chi connectivity index (χ3v) is 5.45. The summed E-state index contributed by atoms with van der Waals surface area (Å²) in [4.78, 5) is 42.7. The van der Waals surface area contributed by atoms with Crippen LogP contribution >= 0.6 is 0 Å². The molecular weight excluding hydrogens is 447 g/mol. The van der Waals surface area contributed by atoms with Gasteiger partial charge in [-0.15, -0.1) is 0 Å². The van der Waals surface area contributed by atoms with Gasteiger partial charge in [-0.3, -0.25) is 23.9 Å². The molecule has 11 heteroatoms. The van der Waals surface area contributed by atoms with Crippen molar-refractivity contribution in [2.24, 2.45) is 0 Å². The van der Waals surface area contributed by atoms with Crippen molar-refractivity contribution in [3.05, 3.63) is 63.3 Å². The minimum absolute atomic E-state index is 0.0408. The highest BCUT2D eigenvalue weighted by Gasteiger charge is 2.34. The van der Waals surface area contributed by atoms with Crippen LogP contribution in [0.2, 0.25) is 0 Å². The van der Waals surface area contributed by atoms with Crippen molar-refractivity contribution in [1.29, 1.82) is 0 Å². The molecule has 10 nitrogen and oxygen atoms in total. The van der Waals surface area contributed by atoms with Crippen molar-refractivity contribution in [3.8, 4) is 11.5 Å². The van der Waals surface area contributed by atoms with E-state index in [1.54, 1.807) is 19.1 Å². The van der Waals surface area contributed by atoms with Crippen molar-refractivity contribution in [1.82, 2.24) is 20.2 Å². The Hall–Kier alpha value is -3.99. The molecule has 1 aliphatic heterocycles. The molecule has 0 aliphatic carbocycles. The van der Waals surface area contributed by atoms with Gasteiger partial charge in [0.25, 0.3) is 17.4 Å². The monoisotopic (exact) mass is 470 g/mol. The van der Waals surface area contributed by atoms with Crippen LogP contribution in [0, 0.1) is 5.82 Å². The Morgan fingerprint density at radius 2 is 2.00 bits per heavy atom. The Morgan fingerprint density at radius 1 is 1.26 bits per heavy atom. The Kier molecular flexibility index (Phi) is 6.46. The summed E-state index contributed by atoms with van der Waals surface area (Å²) in [6, 6.07) is 5.81. The highest BCUT2D eigenvalue weighted by atomic mass is 19.1. The number of pyridine rings is 2. The average molecular weight is 470 g/mol. The van der Waals surface area contributed by atoms with Gasteiger partial charge >= 0.3 is 0 Å². The van der Waals surface area contributed by atoms with Crippen LogP contribution in [-0.2, 0) is 17.8 Å². The third kappa shape index (κ3) is 4.17. The van der Waals surface area contributed by atoms with Crippen LogP contribution in [0.3, 0.4) is 0 Å². The third-order valence-electron chi connectivity index (χ3n) is 5.45. The van der Waals surface area contributed by atoms with E-state index in [4.69, 9.17) is 9.84 Å². The van der Waals surface area contributed by atoms with Gasteiger partial charge < -0.3 is 25.6 Å². The first-order valence-corrected chi connectivity index (χ1v) is 10.7. The molecule has 2 amide bonds. The highest BCUT2D eigenvalue weighted by Crippen LogP contribution is 2.37. The van der Waals surface area contributed by atoms with Crippen LogP contribution < -0.4 is 20.9 Å². The number of hydrogen-bond donors (Lipinski definition) is 4. The number of rotatable bonds is 7. The number of ether oxygens (including phenoxy) is 1. The van der Waals surface area contributed by atoms with E-state index in [0.717, 1.165) is 5.56 Å². The minimum atomic E-state index is -1.07. The second-order valence-electron chi connectivity index (χ2n) is 7.73. The molecule has 0 bridgehead atoms. The maximum Gasteiger partial charge on any atom is 0.268 e. The fraction of sp³-hybridized carbons (Fsp3) is 0.304. The van der Waals surface area contributed by atoms with Gasteiger partial charge in [-0.25, -0.2) is 4.39 Å². The molecule has 0 radical (unpaired) electrons. The number of carbonyl (C=O) groups is 2. The van der Waals surface area contributed by atoms with Gasteiger partial charge in [-0.1, -0.05) is 12.1 Å². The molecule has 0 saturated heterocycles. The molecule has 2 aromatic heterocycles. The summed E-state index contributed by atoms with van der Waals surface area (Å²) in [7, 11) is 0. The number of aromatic nitrogens is 2. The summed E-state index contributed by atoms with van der Waals surface area (Å²) < 4.78 is 20.5. The van der Waals surface area contributed by atoms with Crippen LogP contribution in [0.4, 0.5) is 4.39 Å². The summed E-state index contributed by atoms with van der Waals surface area (Å²) in [5.41, 5.74) is 0.00312. The highest BCUT2D eigenvalue weighted by molar-refractivity contribution is 6.02. The van der Waals surface area contributed by atoms with Crippen molar-refractivity contribution in [2.45, 2.75) is 26.0 Å². The molecule has 4 rings (SSSR count). The molecule has 0 unspecified atom stereocenters. The van der Waals surface area contributed by atoms with Crippen LogP contribution in [0.15, 0.2) is 35.3 Å². The summed E-state index contributed by atoms with van der Waals surface area (Å²) in [6.07, 6.45) is 0.611. The summed E-state index contributed by atoms with van der Waals surface area (Å²) in [5, 5.41) is 24.7. The molecule has 0 saturated carbocycles. The van der Waals surface area contributed by atoms with Gasteiger partial charge in [0.2, 0.25) is 0 Å². The van der Waals surface area contributed by atoms with Gasteiger partial charge in [-0.05, 0) is 24.6 Å². The van der Waals surface area contributed by atoms with Gasteiger partial charge in [0, 0.05) is 31.3 Å². The van der Waals surface area contributed by atoms with Gasteiger partial charge in [0.05, 0.1) is 13.2 Å². The molecule has 0 spiro atoms. The zero-order valence-electron chi connectivity index (χ0n) is 18.3. The normalized spacial score (nSPS) is 14.5. The molecule has 178 valence electrons. The molecule has 34 heavy (non-hydrogen) atoms. The summed E-state index contributed by atoms with van der Waals surface area (Å²) >= 11 is 0. The lowest BCUT2D eigenvalue weighted by Crippen LogP contribution is -2.46. The lowest BCUT2D eigenvalue weighted by atomic mass is 10.0. The Balaban J connectivity index is 1.90. The van der Waals surface area contributed by atoms with Crippen molar-refractivity contribution < 1.29 is 28.9 Å². The first-order chi connectivity index (χ1) is 16.3. The first kappa shape index (κ1) is 23.2. The van der Waals surface area contributed by atoms with Crippen LogP contribution in [0.1, 0.15) is 28.4 Å².